The second-order valence-corrected chi connectivity index (χ2v) is 11.3. The van der Waals surface area contributed by atoms with Crippen molar-refractivity contribution in [3.63, 3.8) is 0 Å². The van der Waals surface area contributed by atoms with Gasteiger partial charge in [0.2, 0.25) is 17.7 Å². The van der Waals surface area contributed by atoms with Crippen LogP contribution < -0.4 is 5.32 Å². The summed E-state index contributed by atoms with van der Waals surface area (Å²) in [5, 5.41) is 3.58. The average molecular weight is 509 g/mol. The fraction of sp³-hybridized carbons (Fsp3) is 0.385. The van der Waals surface area contributed by atoms with Gasteiger partial charge in [0.15, 0.2) is 0 Å². The number of pyridine rings is 1. The normalized spacial score (nSPS) is 24.3. The fourth-order valence-electron chi connectivity index (χ4n) is 5.31. The van der Waals surface area contributed by atoms with E-state index in [0.29, 0.717) is 31.1 Å². The van der Waals surface area contributed by atoms with E-state index in [2.05, 4.69) is 15.2 Å². The van der Waals surface area contributed by atoms with Crippen LogP contribution in [0.3, 0.4) is 0 Å². The molecule has 1 aromatic carbocycles. The maximum absolute atomic E-state index is 12.5. The number of piperazine rings is 1. The van der Waals surface area contributed by atoms with Crippen LogP contribution >= 0.6 is 22.9 Å². The molecule has 0 radical (unpaired) electrons. The van der Waals surface area contributed by atoms with Gasteiger partial charge in [-0.15, -0.1) is 11.3 Å². The molecule has 35 heavy (non-hydrogen) atoms. The molecule has 7 nitrogen and oxygen atoms in total. The molecule has 1 aliphatic carbocycles. The van der Waals surface area contributed by atoms with E-state index >= 15 is 0 Å². The third-order valence-electron chi connectivity index (χ3n) is 7.45. The number of aromatic nitrogens is 1. The first kappa shape index (κ1) is 22.6. The van der Waals surface area contributed by atoms with Crippen LogP contribution in [0.5, 0.6) is 0 Å². The number of likely N-dealkylation sites (tertiary alicyclic amines) is 1. The number of benzene rings is 1. The second-order valence-electron chi connectivity index (χ2n) is 9.68. The van der Waals surface area contributed by atoms with Gasteiger partial charge < -0.3 is 5.32 Å². The molecule has 1 N–H and O–H groups in total. The van der Waals surface area contributed by atoms with Crippen molar-refractivity contribution >= 4 is 50.9 Å². The number of amides is 3. The summed E-state index contributed by atoms with van der Waals surface area (Å²) in [6.07, 6.45) is 2.49. The molecule has 3 fully saturated rings. The van der Waals surface area contributed by atoms with Crippen molar-refractivity contribution in [2.75, 3.05) is 13.1 Å². The van der Waals surface area contributed by atoms with Gasteiger partial charge in [-0.25, -0.2) is 0 Å². The van der Waals surface area contributed by atoms with Gasteiger partial charge in [0.05, 0.1) is 34.6 Å². The van der Waals surface area contributed by atoms with Crippen LogP contribution in [0, 0.1) is 18.8 Å². The number of halogens is 1. The highest BCUT2D eigenvalue weighted by atomic mass is 35.5. The fourth-order valence-corrected chi connectivity index (χ4v) is 6.71. The summed E-state index contributed by atoms with van der Waals surface area (Å²) in [7, 11) is 0. The van der Waals surface area contributed by atoms with Gasteiger partial charge in [-0.2, -0.15) is 0 Å². The van der Waals surface area contributed by atoms with Crippen LogP contribution in [0.15, 0.2) is 30.5 Å². The van der Waals surface area contributed by atoms with E-state index in [9.17, 15) is 14.4 Å². The Morgan fingerprint density at radius 2 is 1.89 bits per heavy atom. The molecule has 2 saturated heterocycles. The number of imide groups is 1. The van der Waals surface area contributed by atoms with Gasteiger partial charge >= 0.3 is 0 Å². The van der Waals surface area contributed by atoms with E-state index in [0.717, 1.165) is 43.9 Å². The summed E-state index contributed by atoms with van der Waals surface area (Å²) in [5.74, 6) is -0.234. The minimum Gasteiger partial charge on any atom is -0.353 e. The summed E-state index contributed by atoms with van der Waals surface area (Å²) < 4.78 is 0.999. The van der Waals surface area contributed by atoms with Crippen molar-refractivity contribution in [1.82, 2.24) is 20.1 Å². The van der Waals surface area contributed by atoms with Crippen molar-refractivity contribution in [2.45, 2.75) is 39.4 Å². The predicted molar refractivity (Wildman–Crippen MR) is 135 cm³/mol. The Morgan fingerprint density at radius 3 is 2.66 bits per heavy atom. The zero-order chi connectivity index (χ0) is 24.4. The van der Waals surface area contributed by atoms with Gasteiger partial charge in [-0.3, -0.25) is 29.2 Å². The van der Waals surface area contributed by atoms with E-state index in [1.165, 1.54) is 4.90 Å². The van der Waals surface area contributed by atoms with Crippen molar-refractivity contribution in [3.05, 3.63) is 51.5 Å². The number of hydrogen-bond acceptors (Lipinski definition) is 6. The zero-order valence-electron chi connectivity index (χ0n) is 19.5. The Morgan fingerprint density at radius 1 is 1.11 bits per heavy atom. The van der Waals surface area contributed by atoms with E-state index in [4.69, 9.17) is 11.6 Å². The summed E-state index contributed by atoms with van der Waals surface area (Å²) in [4.78, 5) is 46.3. The summed E-state index contributed by atoms with van der Waals surface area (Å²) in [6.45, 7) is 6.33. The van der Waals surface area contributed by atoms with Crippen LogP contribution in [0.2, 0.25) is 5.02 Å². The van der Waals surface area contributed by atoms with Crippen LogP contribution in [-0.2, 0) is 27.5 Å². The highest BCUT2D eigenvalue weighted by Gasteiger charge is 2.58. The highest BCUT2D eigenvalue weighted by Crippen LogP contribution is 2.48. The monoisotopic (exact) mass is 508 g/mol. The third kappa shape index (κ3) is 3.84. The number of piperidine rings is 1. The molecule has 3 amide bonds. The molecule has 180 valence electrons. The number of nitrogens with zero attached hydrogens (tertiary/aromatic N) is 3. The van der Waals surface area contributed by atoms with Gasteiger partial charge in [0.25, 0.3) is 0 Å². The predicted octanol–water partition coefficient (Wildman–Crippen LogP) is 3.75. The highest BCUT2D eigenvalue weighted by molar-refractivity contribution is 7.19. The maximum Gasteiger partial charge on any atom is 0.237 e. The molecule has 3 atom stereocenters. The molecule has 0 bridgehead atoms. The number of carbonyl (C=O) groups excluding carboxylic acids is 3. The molecule has 2 aliphatic heterocycles. The Kier molecular flexibility index (Phi) is 5.43. The van der Waals surface area contributed by atoms with Crippen molar-refractivity contribution in [3.8, 4) is 11.1 Å². The second kappa shape index (κ2) is 8.40. The maximum atomic E-state index is 12.5. The lowest BCUT2D eigenvalue weighted by Gasteiger charge is -2.33. The molecule has 6 rings (SSSR count). The van der Waals surface area contributed by atoms with E-state index < -0.39 is 0 Å². The van der Waals surface area contributed by atoms with Gasteiger partial charge in [-0.1, -0.05) is 11.6 Å². The van der Waals surface area contributed by atoms with Crippen LogP contribution in [0.1, 0.15) is 29.3 Å². The first-order chi connectivity index (χ1) is 16.8. The summed E-state index contributed by atoms with van der Waals surface area (Å²) in [5.41, 5.74) is 5.07. The molecule has 2 unspecified atom stereocenters. The molecule has 3 aromatic rings. The first-order valence-electron chi connectivity index (χ1n) is 11.9. The van der Waals surface area contributed by atoms with Gasteiger partial charge in [0.1, 0.15) is 0 Å². The first-order valence-corrected chi connectivity index (χ1v) is 13.0. The van der Waals surface area contributed by atoms with Crippen molar-refractivity contribution in [2.24, 2.45) is 11.8 Å². The van der Waals surface area contributed by atoms with Crippen molar-refractivity contribution < 1.29 is 14.4 Å². The minimum absolute atomic E-state index is 0.0434. The zero-order valence-corrected chi connectivity index (χ0v) is 21.1. The number of thiophene rings is 1. The Hall–Kier alpha value is -2.81. The minimum atomic E-state index is -0.209. The Bertz CT molecular complexity index is 1380. The Labute approximate surface area is 212 Å². The van der Waals surface area contributed by atoms with Crippen molar-refractivity contribution in [1.29, 1.82) is 0 Å². The smallest absolute Gasteiger partial charge is 0.237 e. The standard InChI is InChI=1S/C26H25ClN4O3S/c1-13-7-15(27)8-18(21(13)12-30-6-5-29-24(32)14(30)2)17-3-4-28-22-9-16(35-23(17)22)11-31-25(33)19-10-20(19)26(31)34/h3-4,7-9,14,19-20H,5-6,10-12H2,1-2H3,(H,29,32)/t14-,19?,20?/m0/s1. The van der Waals surface area contributed by atoms with E-state index in [1.54, 1.807) is 17.5 Å². The van der Waals surface area contributed by atoms with Gasteiger partial charge in [-0.05, 0) is 61.2 Å². The Balaban J connectivity index is 1.38. The lowest BCUT2D eigenvalue weighted by Crippen LogP contribution is -2.53. The molecule has 4 heterocycles. The lowest BCUT2D eigenvalue weighted by molar-refractivity contribution is -0.142. The average Bonchev–Trinajstić information content (AvgIpc) is 3.46. The number of rotatable bonds is 5. The summed E-state index contributed by atoms with van der Waals surface area (Å²) in [6, 6.07) is 7.70. The molecular weight excluding hydrogens is 484 g/mol. The molecule has 2 aromatic heterocycles. The quantitative estimate of drug-likeness (QED) is 0.531. The molecule has 1 saturated carbocycles. The van der Waals surface area contributed by atoms with Crippen LogP contribution in [0.4, 0.5) is 0 Å². The van der Waals surface area contributed by atoms with E-state index in [-0.39, 0.29) is 35.6 Å². The van der Waals surface area contributed by atoms with E-state index in [1.807, 2.05) is 38.1 Å². The molecule has 3 aliphatic rings. The molecular formula is C26H25ClN4O3S. The summed E-state index contributed by atoms with van der Waals surface area (Å²) >= 11 is 8.08. The number of carbonyl (C=O) groups is 3. The molecule has 9 heteroatoms. The third-order valence-corrected chi connectivity index (χ3v) is 8.81. The van der Waals surface area contributed by atoms with Crippen LogP contribution in [0.25, 0.3) is 21.3 Å². The number of hydrogen-bond donors (Lipinski definition) is 1. The number of fused-ring (bicyclic) bond motifs is 2. The van der Waals surface area contributed by atoms with Crippen LogP contribution in [-0.4, -0.2) is 51.6 Å². The number of nitrogens with one attached hydrogen (secondary N) is 1. The SMILES string of the molecule is Cc1cc(Cl)cc(-c2ccnc3cc(CN4C(=O)C5CC5C4=O)sc23)c1CN1CCNC(=O)[C@@H]1C. The number of aryl methyl sites for hydroxylation is 1. The molecule has 0 spiro atoms. The van der Waals surface area contributed by atoms with Gasteiger partial charge in [0, 0.05) is 41.3 Å². The largest absolute Gasteiger partial charge is 0.353 e. The topological polar surface area (TPSA) is 82.6 Å². The lowest BCUT2D eigenvalue weighted by atomic mass is 9.95.